The molecule has 0 amide bonds. The predicted octanol–water partition coefficient (Wildman–Crippen LogP) is 1.50. The lowest BCUT2D eigenvalue weighted by Gasteiger charge is -1.95. The van der Waals surface area contributed by atoms with Crippen LogP contribution in [0.5, 0.6) is 0 Å². The van der Waals surface area contributed by atoms with Gasteiger partial charge in [0.1, 0.15) is 0 Å². The zero-order chi connectivity index (χ0) is 6.36. The van der Waals surface area contributed by atoms with Gasteiger partial charge in [-0.05, 0) is 12.8 Å². The molecule has 0 fully saturated rings. The third-order valence-corrected chi connectivity index (χ3v) is 1.53. The Balaban J connectivity index is 2.19. The van der Waals surface area contributed by atoms with Gasteiger partial charge in [0.2, 0.25) is 0 Å². The van der Waals surface area contributed by atoms with Gasteiger partial charge in [-0.1, -0.05) is 18.8 Å². The van der Waals surface area contributed by atoms with Crippen LogP contribution in [-0.4, -0.2) is 6.54 Å². The topological polar surface area (TPSA) is 12.0 Å². The lowest BCUT2D eigenvalue weighted by molar-refractivity contribution is 0.644. The fraction of sp³-hybridized carbons (Fsp3) is 0.750. The van der Waals surface area contributed by atoms with Gasteiger partial charge in [0, 0.05) is 19.0 Å². The summed E-state index contributed by atoms with van der Waals surface area (Å²) in [6.45, 7) is 1.08. The van der Waals surface area contributed by atoms with E-state index >= 15 is 0 Å². The Morgan fingerprint density at radius 3 is 2.89 bits per heavy atom. The van der Waals surface area contributed by atoms with Gasteiger partial charge in [0.15, 0.2) is 0 Å². The third kappa shape index (κ3) is 3.03. The van der Waals surface area contributed by atoms with Crippen LogP contribution in [0.15, 0.2) is 0 Å². The Morgan fingerprint density at radius 1 is 1.00 bits per heavy atom. The summed E-state index contributed by atoms with van der Waals surface area (Å²) in [6, 6.07) is 2.93. The van der Waals surface area contributed by atoms with Gasteiger partial charge in [-0.2, -0.15) is 0 Å². The van der Waals surface area contributed by atoms with Crippen molar-refractivity contribution in [3.8, 4) is 12.0 Å². The van der Waals surface area contributed by atoms with Crippen molar-refractivity contribution in [1.82, 2.24) is 5.32 Å². The minimum Gasteiger partial charge on any atom is -0.346 e. The summed E-state index contributed by atoms with van der Waals surface area (Å²) in [4.78, 5) is 0. The molecule has 50 valence electrons. The van der Waals surface area contributed by atoms with Crippen molar-refractivity contribution in [3.63, 3.8) is 0 Å². The molecule has 0 spiro atoms. The molecule has 1 aliphatic heterocycles. The fourth-order valence-electron chi connectivity index (χ4n) is 0.968. The second-order valence-electron chi connectivity index (χ2n) is 2.39. The van der Waals surface area contributed by atoms with Crippen LogP contribution in [-0.2, 0) is 0 Å². The van der Waals surface area contributed by atoms with Crippen molar-refractivity contribution in [2.75, 3.05) is 6.54 Å². The Kier molecular flexibility index (Phi) is 3.07. The molecule has 1 heteroatoms. The van der Waals surface area contributed by atoms with Gasteiger partial charge in [0.05, 0.1) is 0 Å². The second kappa shape index (κ2) is 4.26. The molecule has 0 bridgehead atoms. The zero-order valence-corrected chi connectivity index (χ0v) is 5.74. The van der Waals surface area contributed by atoms with Gasteiger partial charge >= 0.3 is 0 Å². The van der Waals surface area contributed by atoms with Gasteiger partial charge in [-0.3, -0.25) is 0 Å². The van der Waals surface area contributed by atoms with Crippen molar-refractivity contribution in [3.05, 3.63) is 0 Å². The molecule has 0 atom stereocenters. The largest absolute Gasteiger partial charge is 0.346 e. The van der Waals surface area contributed by atoms with Crippen molar-refractivity contribution in [1.29, 1.82) is 0 Å². The SMILES string of the molecule is C1#CNCCCCCC1. The monoisotopic (exact) mass is 123 g/mol. The van der Waals surface area contributed by atoms with Crippen LogP contribution in [0.2, 0.25) is 0 Å². The Hall–Kier alpha value is -0.640. The second-order valence-corrected chi connectivity index (χ2v) is 2.39. The highest BCUT2D eigenvalue weighted by atomic mass is 14.8. The van der Waals surface area contributed by atoms with Crippen LogP contribution in [0.1, 0.15) is 32.1 Å². The molecule has 0 radical (unpaired) electrons. The molecule has 0 aromatic rings. The maximum Gasteiger partial charge on any atom is 0.0229 e. The van der Waals surface area contributed by atoms with E-state index in [1.807, 2.05) is 0 Å². The Morgan fingerprint density at radius 2 is 1.89 bits per heavy atom. The summed E-state index contributed by atoms with van der Waals surface area (Å²) in [7, 11) is 0. The predicted molar refractivity (Wildman–Crippen MR) is 38.9 cm³/mol. The summed E-state index contributed by atoms with van der Waals surface area (Å²) in [5, 5.41) is 3.07. The van der Waals surface area contributed by atoms with E-state index in [1.165, 1.54) is 25.7 Å². The first-order valence-electron chi connectivity index (χ1n) is 3.71. The summed E-state index contributed by atoms with van der Waals surface area (Å²) in [6.07, 6.45) is 6.36. The van der Waals surface area contributed by atoms with Gasteiger partial charge in [-0.25, -0.2) is 0 Å². The third-order valence-electron chi connectivity index (χ3n) is 1.53. The number of rotatable bonds is 0. The summed E-state index contributed by atoms with van der Waals surface area (Å²) < 4.78 is 0. The summed E-state index contributed by atoms with van der Waals surface area (Å²) in [5.41, 5.74) is 0. The van der Waals surface area contributed by atoms with E-state index in [0.717, 1.165) is 13.0 Å². The van der Waals surface area contributed by atoms with E-state index in [1.54, 1.807) is 0 Å². The highest BCUT2D eigenvalue weighted by molar-refractivity contribution is 4.96. The van der Waals surface area contributed by atoms with E-state index in [0.29, 0.717) is 0 Å². The first kappa shape index (κ1) is 6.48. The number of nitrogens with one attached hydrogen (secondary N) is 1. The lowest BCUT2D eigenvalue weighted by atomic mass is 10.2. The van der Waals surface area contributed by atoms with Gasteiger partial charge in [-0.15, -0.1) is 0 Å². The van der Waals surface area contributed by atoms with Crippen molar-refractivity contribution in [2.45, 2.75) is 32.1 Å². The minimum absolute atomic E-state index is 1.08. The normalized spacial score (nSPS) is 19.6. The fourth-order valence-corrected chi connectivity index (χ4v) is 0.968. The average Bonchev–Trinajstić information content (AvgIpc) is 2.00. The van der Waals surface area contributed by atoms with Crippen molar-refractivity contribution < 1.29 is 0 Å². The summed E-state index contributed by atoms with van der Waals surface area (Å²) in [5.74, 6) is 3.07. The average molecular weight is 123 g/mol. The molecule has 0 saturated carbocycles. The Bertz CT molecular complexity index is 106. The molecular weight excluding hydrogens is 110 g/mol. The van der Waals surface area contributed by atoms with Crippen LogP contribution in [0, 0.1) is 12.0 Å². The van der Waals surface area contributed by atoms with Gasteiger partial charge < -0.3 is 5.32 Å². The molecule has 0 aliphatic carbocycles. The van der Waals surface area contributed by atoms with E-state index < -0.39 is 0 Å². The molecule has 9 heavy (non-hydrogen) atoms. The molecule has 1 heterocycles. The molecule has 0 unspecified atom stereocenters. The molecule has 1 nitrogen and oxygen atoms in total. The molecule has 0 aromatic heterocycles. The Labute approximate surface area is 56.8 Å². The van der Waals surface area contributed by atoms with E-state index in [9.17, 15) is 0 Å². The molecule has 1 N–H and O–H groups in total. The highest BCUT2D eigenvalue weighted by Gasteiger charge is 1.89. The van der Waals surface area contributed by atoms with Crippen LogP contribution >= 0.6 is 0 Å². The maximum absolute atomic E-state index is 3.07. The smallest absolute Gasteiger partial charge is 0.0229 e. The quantitative estimate of drug-likeness (QED) is 0.481. The van der Waals surface area contributed by atoms with Crippen LogP contribution in [0.4, 0.5) is 0 Å². The first-order valence-corrected chi connectivity index (χ1v) is 3.71. The molecule has 0 saturated heterocycles. The number of hydrogen-bond donors (Lipinski definition) is 1. The molecule has 1 aliphatic rings. The van der Waals surface area contributed by atoms with E-state index in [-0.39, 0.29) is 0 Å². The van der Waals surface area contributed by atoms with Crippen LogP contribution in [0.25, 0.3) is 0 Å². The van der Waals surface area contributed by atoms with Crippen LogP contribution in [0.3, 0.4) is 0 Å². The maximum atomic E-state index is 3.07. The van der Waals surface area contributed by atoms with Gasteiger partial charge in [0.25, 0.3) is 0 Å². The summed E-state index contributed by atoms with van der Waals surface area (Å²) >= 11 is 0. The lowest BCUT2D eigenvalue weighted by Crippen LogP contribution is -2.06. The van der Waals surface area contributed by atoms with E-state index in [4.69, 9.17) is 0 Å². The highest BCUT2D eigenvalue weighted by Crippen LogP contribution is 2.01. The standard InChI is InChI=1S/C8H13N/c1-2-4-6-8-9-7-5-3-1/h9H,1-5,7H2. The molecule has 0 aromatic carbocycles. The first-order chi connectivity index (χ1) is 4.50. The van der Waals surface area contributed by atoms with Crippen molar-refractivity contribution in [2.24, 2.45) is 0 Å². The van der Waals surface area contributed by atoms with E-state index in [2.05, 4.69) is 17.3 Å². The molecule has 1 rings (SSSR count). The zero-order valence-electron chi connectivity index (χ0n) is 5.74. The van der Waals surface area contributed by atoms with Crippen LogP contribution < -0.4 is 5.32 Å². The minimum atomic E-state index is 1.08. The van der Waals surface area contributed by atoms with Crippen molar-refractivity contribution >= 4 is 0 Å². The number of hydrogen-bond acceptors (Lipinski definition) is 1. The molecular formula is C8H13N.